The van der Waals surface area contributed by atoms with E-state index in [4.69, 9.17) is 0 Å². The second-order valence-electron chi connectivity index (χ2n) is 5.07. The van der Waals surface area contributed by atoms with Crippen LogP contribution in [0.5, 0.6) is 0 Å². The van der Waals surface area contributed by atoms with Gasteiger partial charge in [-0.2, -0.15) is 0 Å². The second-order valence-corrected chi connectivity index (χ2v) is 5.40. The van der Waals surface area contributed by atoms with Crippen molar-refractivity contribution >= 4 is 9.39 Å². The number of allylic oxidation sites excluding steroid dienone is 4. The Morgan fingerprint density at radius 1 is 1.37 bits per heavy atom. The van der Waals surface area contributed by atoms with Crippen LogP contribution in [-0.2, 0) is 0 Å². The number of aliphatic hydroxyl groups is 1. The van der Waals surface area contributed by atoms with Gasteiger partial charge in [0.15, 0.2) is 0 Å². The first-order valence-electron chi connectivity index (χ1n) is 6.84. The molecule has 110 valence electrons. The summed E-state index contributed by atoms with van der Waals surface area (Å²) in [5.74, 6) is 0.591. The van der Waals surface area contributed by atoms with E-state index in [1.807, 2.05) is 31.2 Å². The van der Waals surface area contributed by atoms with Gasteiger partial charge >= 0.3 is 0 Å². The standard InChI is InChI=1S/C15H29N2OP/c1-5-7-8-13(6-2)9-14(17-19)15(18)11-16-10-12(3)4/h5-8,12,14-18H,2,9-11,19H2,1,3-4H3/b7-5-,13-8+/t14-,15+/m0/s1. The van der Waals surface area contributed by atoms with E-state index in [2.05, 4.69) is 40.2 Å². The van der Waals surface area contributed by atoms with Crippen LogP contribution in [0, 0.1) is 5.92 Å². The molecule has 0 spiro atoms. The Balaban J connectivity index is 4.34. The Morgan fingerprint density at radius 3 is 2.53 bits per heavy atom. The molecule has 0 rings (SSSR count). The fourth-order valence-electron chi connectivity index (χ4n) is 1.66. The van der Waals surface area contributed by atoms with Gasteiger partial charge in [0.1, 0.15) is 0 Å². The quantitative estimate of drug-likeness (QED) is 0.426. The molecule has 0 heterocycles. The van der Waals surface area contributed by atoms with Gasteiger partial charge in [0.25, 0.3) is 0 Å². The summed E-state index contributed by atoms with van der Waals surface area (Å²) in [6, 6.07) is -0.000770. The predicted molar refractivity (Wildman–Crippen MR) is 88.1 cm³/mol. The molecule has 3 nitrogen and oxygen atoms in total. The maximum absolute atomic E-state index is 10.2. The molecule has 3 atom stereocenters. The molecule has 19 heavy (non-hydrogen) atoms. The highest BCUT2D eigenvalue weighted by molar-refractivity contribution is 7.13. The van der Waals surface area contributed by atoms with Crippen LogP contribution < -0.4 is 10.4 Å². The van der Waals surface area contributed by atoms with Crippen LogP contribution in [0.3, 0.4) is 0 Å². The van der Waals surface area contributed by atoms with Crippen molar-refractivity contribution in [2.24, 2.45) is 5.92 Å². The molecule has 0 bridgehead atoms. The number of nitrogens with one attached hydrogen (secondary N) is 2. The maximum Gasteiger partial charge on any atom is 0.0823 e. The lowest BCUT2D eigenvalue weighted by Crippen LogP contribution is -2.42. The van der Waals surface area contributed by atoms with Crippen LogP contribution in [-0.4, -0.2) is 30.3 Å². The van der Waals surface area contributed by atoms with E-state index in [0.717, 1.165) is 18.5 Å². The van der Waals surface area contributed by atoms with E-state index in [1.165, 1.54) is 0 Å². The van der Waals surface area contributed by atoms with E-state index in [1.54, 1.807) is 0 Å². The lowest BCUT2D eigenvalue weighted by molar-refractivity contribution is 0.135. The average Bonchev–Trinajstić information content (AvgIpc) is 2.38. The molecule has 0 aromatic carbocycles. The highest BCUT2D eigenvalue weighted by Crippen LogP contribution is 2.11. The molecular weight excluding hydrogens is 255 g/mol. The minimum Gasteiger partial charge on any atom is -0.390 e. The van der Waals surface area contributed by atoms with Crippen LogP contribution in [0.15, 0.2) is 36.5 Å². The zero-order valence-electron chi connectivity index (χ0n) is 12.4. The molecule has 0 saturated heterocycles. The van der Waals surface area contributed by atoms with Crippen LogP contribution in [0.1, 0.15) is 27.2 Å². The molecule has 0 amide bonds. The Morgan fingerprint density at radius 2 is 2.05 bits per heavy atom. The number of hydrogen-bond donors (Lipinski definition) is 3. The normalized spacial score (nSPS) is 16.0. The fourth-order valence-corrected chi connectivity index (χ4v) is 2.00. The zero-order chi connectivity index (χ0) is 14.7. The van der Waals surface area contributed by atoms with Gasteiger partial charge in [0, 0.05) is 12.6 Å². The highest BCUT2D eigenvalue weighted by Gasteiger charge is 2.17. The lowest BCUT2D eigenvalue weighted by Gasteiger charge is -2.23. The first-order chi connectivity index (χ1) is 9.04. The highest BCUT2D eigenvalue weighted by atomic mass is 31.0. The summed E-state index contributed by atoms with van der Waals surface area (Å²) in [6.07, 6.45) is 8.15. The molecular formula is C15H29N2OP. The molecule has 4 heteroatoms. The van der Waals surface area contributed by atoms with Crippen LogP contribution in [0.25, 0.3) is 0 Å². The molecule has 1 unspecified atom stereocenters. The number of hydrogen-bond acceptors (Lipinski definition) is 3. The van der Waals surface area contributed by atoms with Gasteiger partial charge in [-0.3, -0.25) is 5.09 Å². The fraction of sp³-hybridized carbons (Fsp3) is 0.600. The summed E-state index contributed by atoms with van der Waals surface area (Å²) >= 11 is 0. The lowest BCUT2D eigenvalue weighted by atomic mass is 10.0. The molecule has 0 aliphatic heterocycles. The van der Waals surface area contributed by atoms with Crippen molar-refractivity contribution in [3.63, 3.8) is 0 Å². The van der Waals surface area contributed by atoms with Crippen molar-refractivity contribution in [2.75, 3.05) is 13.1 Å². The third-order valence-electron chi connectivity index (χ3n) is 2.81. The van der Waals surface area contributed by atoms with E-state index in [0.29, 0.717) is 12.5 Å². The zero-order valence-corrected chi connectivity index (χ0v) is 13.5. The molecule has 0 aliphatic carbocycles. The third-order valence-corrected chi connectivity index (χ3v) is 3.23. The summed E-state index contributed by atoms with van der Waals surface area (Å²) in [5.41, 5.74) is 1.11. The van der Waals surface area contributed by atoms with E-state index >= 15 is 0 Å². The smallest absolute Gasteiger partial charge is 0.0823 e. The van der Waals surface area contributed by atoms with E-state index < -0.39 is 6.10 Å². The SMILES string of the molecule is C=C/C(=C\C=C/C)C[C@H](NP)[C@H](O)CNCC(C)C. The van der Waals surface area contributed by atoms with Crippen LogP contribution in [0.2, 0.25) is 0 Å². The van der Waals surface area contributed by atoms with Crippen molar-refractivity contribution < 1.29 is 5.11 Å². The van der Waals surface area contributed by atoms with Crippen molar-refractivity contribution in [3.8, 4) is 0 Å². The Kier molecular flexibility index (Phi) is 11.1. The summed E-state index contributed by atoms with van der Waals surface area (Å²) in [6.45, 7) is 11.6. The first kappa shape index (κ1) is 18.5. The van der Waals surface area contributed by atoms with Gasteiger partial charge in [-0.15, -0.1) is 0 Å². The largest absolute Gasteiger partial charge is 0.390 e. The summed E-state index contributed by atoms with van der Waals surface area (Å²) in [5, 5.41) is 16.5. The summed E-state index contributed by atoms with van der Waals surface area (Å²) < 4.78 is 0. The second kappa shape index (κ2) is 11.4. The van der Waals surface area contributed by atoms with Crippen molar-refractivity contribution in [1.82, 2.24) is 10.4 Å². The average molecular weight is 284 g/mol. The summed E-state index contributed by atoms with van der Waals surface area (Å²) in [4.78, 5) is 0. The number of rotatable bonds is 10. The molecule has 0 aromatic rings. The maximum atomic E-state index is 10.2. The van der Waals surface area contributed by atoms with Crippen molar-refractivity contribution in [3.05, 3.63) is 36.5 Å². The molecule has 0 radical (unpaired) electrons. The molecule has 3 N–H and O–H groups in total. The van der Waals surface area contributed by atoms with Crippen LogP contribution in [0.4, 0.5) is 0 Å². The number of aliphatic hydroxyl groups excluding tert-OH is 1. The van der Waals surface area contributed by atoms with Crippen molar-refractivity contribution in [2.45, 2.75) is 39.3 Å². The van der Waals surface area contributed by atoms with E-state index in [-0.39, 0.29) is 6.04 Å². The van der Waals surface area contributed by atoms with Crippen molar-refractivity contribution in [1.29, 1.82) is 0 Å². The van der Waals surface area contributed by atoms with Gasteiger partial charge in [0.05, 0.1) is 6.10 Å². The Labute approximate surface area is 120 Å². The topological polar surface area (TPSA) is 44.3 Å². The van der Waals surface area contributed by atoms with Gasteiger partial charge in [-0.05, 0) is 31.4 Å². The minimum atomic E-state index is -0.426. The molecule has 0 aromatic heterocycles. The monoisotopic (exact) mass is 284 g/mol. The third kappa shape index (κ3) is 9.12. The molecule has 0 fully saturated rings. The Bertz CT molecular complexity index is 301. The summed E-state index contributed by atoms with van der Waals surface area (Å²) in [7, 11) is 2.49. The van der Waals surface area contributed by atoms with Gasteiger partial charge in [0.2, 0.25) is 0 Å². The Hall–Kier alpha value is -0.470. The minimum absolute atomic E-state index is 0.000770. The molecule has 0 aliphatic rings. The molecule has 0 saturated carbocycles. The van der Waals surface area contributed by atoms with Gasteiger partial charge in [-0.1, -0.05) is 54.1 Å². The van der Waals surface area contributed by atoms with Gasteiger partial charge < -0.3 is 10.4 Å². The first-order valence-corrected chi connectivity index (χ1v) is 7.42. The van der Waals surface area contributed by atoms with Gasteiger partial charge in [-0.25, -0.2) is 0 Å². The predicted octanol–water partition coefficient (Wildman–Crippen LogP) is 2.42. The van der Waals surface area contributed by atoms with Crippen LogP contribution >= 0.6 is 9.39 Å². The van der Waals surface area contributed by atoms with E-state index in [9.17, 15) is 5.11 Å².